The normalized spacial score (nSPS) is 54.6. The molecule has 0 aromatic heterocycles. The van der Waals surface area contributed by atoms with E-state index in [1.165, 1.54) is 0 Å². The lowest BCUT2D eigenvalue weighted by atomic mass is 9.67. The molecule has 6 rings (SSSR count). The lowest BCUT2D eigenvalue weighted by Gasteiger charge is -2.37. The first kappa shape index (κ1) is 6.66. The smallest absolute Gasteiger partial charge is 0.00965 e. The first-order valence-electron chi connectivity index (χ1n) is 6.04. The summed E-state index contributed by atoms with van der Waals surface area (Å²) in [5.41, 5.74) is 3.49. The maximum atomic E-state index is 2.41. The highest BCUT2D eigenvalue weighted by atomic mass is 14.7. The van der Waals surface area contributed by atoms with Crippen molar-refractivity contribution in [1.82, 2.24) is 0 Å². The summed E-state index contributed by atoms with van der Waals surface area (Å²) in [5, 5.41) is 0. The highest BCUT2D eigenvalue weighted by Gasteiger charge is 2.68. The molecule has 6 atom stereocenters. The molecule has 70 valence electrons. The van der Waals surface area contributed by atoms with Gasteiger partial charge in [0.1, 0.15) is 0 Å². The van der Waals surface area contributed by atoms with E-state index in [2.05, 4.69) is 24.3 Å². The second-order valence-electron chi connectivity index (χ2n) is 5.81. The molecular formula is C14H14. The third kappa shape index (κ3) is 0.549. The summed E-state index contributed by atoms with van der Waals surface area (Å²) < 4.78 is 0. The molecule has 0 N–H and O–H groups in total. The zero-order chi connectivity index (χ0) is 8.86. The average Bonchev–Trinajstić information content (AvgIpc) is 3.08. The molecule has 0 heterocycles. The zero-order valence-electron chi connectivity index (χ0n) is 8.19. The van der Waals surface area contributed by atoms with Crippen LogP contribution in [0.25, 0.3) is 0 Å². The van der Waals surface area contributed by atoms with E-state index in [-0.39, 0.29) is 0 Å². The van der Waals surface area contributed by atoms with Crippen LogP contribution < -0.4 is 0 Å². The molecule has 1 aromatic rings. The van der Waals surface area contributed by atoms with Gasteiger partial charge in [0.15, 0.2) is 0 Å². The first-order valence-corrected chi connectivity index (χ1v) is 6.04. The van der Waals surface area contributed by atoms with E-state index >= 15 is 0 Å². The minimum absolute atomic E-state index is 0.992. The maximum Gasteiger partial charge on any atom is -0.00965 e. The Bertz CT molecular complexity index is 376. The summed E-state index contributed by atoms with van der Waals surface area (Å²) in [4.78, 5) is 0. The van der Waals surface area contributed by atoms with Gasteiger partial charge in [0, 0.05) is 0 Å². The van der Waals surface area contributed by atoms with E-state index in [1.807, 2.05) is 0 Å². The lowest BCUT2D eigenvalue weighted by Crippen LogP contribution is -2.26. The minimum Gasteiger partial charge on any atom is -0.0620 e. The molecule has 2 unspecified atom stereocenters. The fourth-order valence-electron chi connectivity index (χ4n) is 4.80. The Morgan fingerprint density at radius 3 is 1.57 bits per heavy atom. The molecule has 0 amide bonds. The molecule has 0 spiro atoms. The topological polar surface area (TPSA) is 0 Å². The fourth-order valence-corrected chi connectivity index (χ4v) is 4.80. The van der Waals surface area contributed by atoms with Gasteiger partial charge in [0.2, 0.25) is 0 Å². The number of benzene rings is 1. The van der Waals surface area contributed by atoms with Crippen LogP contribution in [0.4, 0.5) is 0 Å². The molecule has 0 nitrogen and oxygen atoms in total. The molecule has 0 saturated heterocycles. The van der Waals surface area contributed by atoms with Crippen LogP contribution in [0.2, 0.25) is 0 Å². The van der Waals surface area contributed by atoms with Crippen molar-refractivity contribution in [2.75, 3.05) is 0 Å². The molecule has 0 heteroatoms. The average molecular weight is 182 g/mol. The summed E-state index contributed by atoms with van der Waals surface area (Å²) in [6.07, 6.45) is 3.11. The summed E-state index contributed by atoms with van der Waals surface area (Å²) >= 11 is 0. The van der Waals surface area contributed by atoms with Gasteiger partial charge in [0.25, 0.3) is 0 Å². The molecule has 3 saturated carbocycles. The van der Waals surface area contributed by atoms with E-state index in [9.17, 15) is 0 Å². The van der Waals surface area contributed by atoms with E-state index < -0.39 is 0 Å². The number of hydrogen-bond acceptors (Lipinski definition) is 0. The monoisotopic (exact) mass is 182 g/mol. The summed E-state index contributed by atoms with van der Waals surface area (Å²) in [7, 11) is 0. The van der Waals surface area contributed by atoms with Gasteiger partial charge in [-0.3, -0.25) is 0 Å². The molecule has 1 aromatic carbocycles. The Hall–Kier alpha value is -0.780. The van der Waals surface area contributed by atoms with E-state index in [0.29, 0.717) is 0 Å². The third-order valence-corrected chi connectivity index (χ3v) is 5.34. The van der Waals surface area contributed by atoms with Crippen LogP contribution in [-0.2, 0) is 0 Å². The predicted octanol–water partition coefficient (Wildman–Crippen LogP) is 3.15. The number of rotatable bonds is 0. The van der Waals surface area contributed by atoms with Crippen molar-refractivity contribution >= 4 is 0 Å². The molecule has 5 aliphatic rings. The predicted molar refractivity (Wildman–Crippen MR) is 55.1 cm³/mol. The van der Waals surface area contributed by atoms with Gasteiger partial charge in [-0.05, 0) is 59.5 Å². The van der Waals surface area contributed by atoms with Crippen LogP contribution in [0.5, 0.6) is 0 Å². The van der Waals surface area contributed by atoms with Gasteiger partial charge in [-0.15, -0.1) is 0 Å². The van der Waals surface area contributed by atoms with Gasteiger partial charge in [0.05, 0.1) is 0 Å². The van der Waals surface area contributed by atoms with Crippen molar-refractivity contribution < 1.29 is 0 Å². The van der Waals surface area contributed by atoms with Crippen LogP contribution in [0.1, 0.15) is 35.8 Å². The Balaban J connectivity index is 1.85. The first-order chi connectivity index (χ1) is 6.95. The lowest BCUT2D eigenvalue weighted by molar-refractivity contribution is 0.320. The maximum absolute atomic E-state index is 2.41. The van der Waals surface area contributed by atoms with Gasteiger partial charge >= 0.3 is 0 Å². The van der Waals surface area contributed by atoms with E-state index in [1.54, 1.807) is 24.0 Å². The summed E-state index contributed by atoms with van der Waals surface area (Å²) in [5.74, 6) is 6.42. The van der Waals surface area contributed by atoms with Gasteiger partial charge in [-0.1, -0.05) is 24.3 Å². The number of hydrogen-bond donors (Lipinski definition) is 0. The molecule has 2 bridgehead atoms. The zero-order valence-corrected chi connectivity index (χ0v) is 8.19. The molecular weight excluding hydrogens is 168 g/mol. The quantitative estimate of drug-likeness (QED) is 0.578. The highest BCUT2D eigenvalue weighted by Crippen LogP contribution is 2.78. The Morgan fingerprint density at radius 1 is 0.714 bits per heavy atom. The fraction of sp³-hybridized carbons (Fsp3) is 0.571. The Labute approximate surface area is 84.3 Å². The van der Waals surface area contributed by atoms with Gasteiger partial charge in [-0.25, -0.2) is 0 Å². The molecule has 3 fully saturated rings. The summed E-state index contributed by atoms with van der Waals surface area (Å²) in [6.45, 7) is 0. The van der Waals surface area contributed by atoms with Gasteiger partial charge in [-0.2, -0.15) is 0 Å². The van der Waals surface area contributed by atoms with Crippen molar-refractivity contribution in [3.05, 3.63) is 35.4 Å². The van der Waals surface area contributed by atoms with Crippen LogP contribution in [0.3, 0.4) is 0 Å². The van der Waals surface area contributed by atoms with Crippen molar-refractivity contribution in [2.45, 2.75) is 24.7 Å². The third-order valence-electron chi connectivity index (χ3n) is 5.34. The molecule has 0 aliphatic heterocycles. The Morgan fingerprint density at radius 2 is 1.14 bits per heavy atom. The van der Waals surface area contributed by atoms with Crippen LogP contribution in [-0.4, -0.2) is 0 Å². The van der Waals surface area contributed by atoms with Crippen LogP contribution in [0, 0.1) is 23.7 Å². The second kappa shape index (κ2) is 1.80. The SMILES string of the molecule is c1ccc2c(c1)C1[C@H]3C[C@@H]3C2[C@@H]2C[C@@H]12. The largest absolute Gasteiger partial charge is 0.0620 e. The van der Waals surface area contributed by atoms with Crippen molar-refractivity contribution in [1.29, 1.82) is 0 Å². The summed E-state index contributed by atoms with van der Waals surface area (Å²) in [6, 6.07) is 9.31. The van der Waals surface area contributed by atoms with Crippen LogP contribution in [0.15, 0.2) is 24.3 Å². The van der Waals surface area contributed by atoms with Gasteiger partial charge < -0.3 is 0 Å². The van der Waals surface area contributed by atoms with Crippen molar-refractivity contribution in [3.8, 4) is 0 Å². The minimum atomic E-state index is 0.992. The van der Waals surface area contributed by atoms with E-state index in [0.717, 1.165) is 35.5 Å². The standard InChI is InChI=1S/C14H14/c1-2-4-8-7(3-1)13-9-5-11(9)14(8)12-6-10(12)13/h1-4,9-14H,5-6H2/t9-,10+,11-,12+,13?,14?. The second-order valence-corrected chi connectivity index (χ2v) is 5.81. The van der Waals surface area contributed by atoms with Crippen LogP contribution >= 0.6 is 0 Å². The molecule has 5 aliphatic carbocycles. The molecule has 14 heavy (non-hydrogen) atoms. The molecule has 0 radical (unpaired) electrons. The van der Waals surface area contributed by atoms with Crippen molar-refractivity contribution in [3.63, 3.8) is 0 Å². The highest BCUT2D eigenvalue weighted by molar-refractivity contribution is 5.47. The van der Waals surface area contributed by atoms with E-state index in [4.69, 9.17) is 0 Å². The van der Waals surface area contributed by atoms with Crippen molar-refractivity contribution in [2.24, 2.45) is 23.7 Å². The Kier molecular flexibility index (Phi) is 0.857.